The summed E-state index contributed by atoms with van der Waals surface area (Å²) in [6.07, 6.45) is 1.88. The van der Waals surface area contributed by atoms with Crippen molar-refractivity contribution in [3.63, 3.8) is 0 Å². The molecule has 0 saturated heterocycles. The number of hydrogen-bond donors (Lipinski definition) is 2. The number of aliphatic imine (C=N–C) groups is 1. The first kappa shape index (κ1) is 14.4. The van der Waals surface area contributed by atoms with E-state index >= 15 is 0 Å². The second-order valence-electron chi connectivity index (χ2n) is 3.98. The van der Waals surface area contributed by atoms with Crippen LogP contribution in [0.1, 0.15) is 25.8 Å². The molecule has 18 heavy (non-hydrogen) atoms. The minimum absolute atomic E-state index is 0.519. The number of benzene rings is 1. The van der Waals surface area contributed by atoms with Crippen molar-refractivity contribution in [2.45, 2.75) is 26.7 Å². The molecule has 0 radical (unpaired) electrons. The lowest BCUT2D eigenvalue weighted by molar-refractivity contribution is 0.336. The summed E-state index contributed by atoms with van der Waals surface area (Å²) in [7, 11) is 0. The van der Waals surface area contributed by atoms with Crippen LogP contribution in [-0.2, 0) is 6.42 Å². The molecule has 0 aliphatic carbocycles. The fraction of sp³-hybridized carbons (Fsp3) is 0.500. The molecule has 0 aliphatic heterocycles. The maximum Gasteiger partial charge on any atom is 0.188 e. The van der Waals surface area contributed by atoms with Crippen molar-refractivity contribution < 1.29 is 4.74 Å². The third kappa shape index (κ3) is 5.08. The Kier molecular flexibility index (Phi) is 6.69. The van der Waals surface area contributed by atoms with Crippen molar-refractivity contribution in [2.24, 2.45) is 10.7 Å². The summed E-state index contributed by atoms with van der Waals surface area (Å²) < 4.78 is 5.57. The third-order valence-electron chi connectivity index (χ3n) is 2.48. The number of hydrogen-bond acceptors (Lipinski definition) is 2. The first-order valence-electron chi connectivity index (χ1n) is 6.52. The average molecular weight is 249 g/mol. The SMILES string of the molecule is CCCN=C(N)NCCc1ccccc1OCC. The largest absolute Gasteiger partial charge is 0.494 e. The molecule has 4 heteroatoms. The first-order valence-corrected chi connectivity index (χ1v) is 6.52. The summed E-state index contributed by atoms with van der Waals surface area (Å²) >= 11 is 0. The molecule has 0 amide bonds. The summed E-state index contributed by atoms with van der Waals surface area (Å²) in [5.41, 5.74) is 6.92. The lowest BCUT2D eigenvalue weighted by atomic mass is 10.1. The van der Waals surface area contributed by atoms with Crippen molar-refractivity contribution in [1.82, 2.24) is 5.32 Å². The van der Waals surface area contributed by atoms with Gasteiger partial charge in [-0.15, -0.1) is 0 Å². The summed E-state index contributed by atoms with van der Waals surface area (Å²) in [4.78, 5) is 4.18. The van der Waals surface area contributed by atoms with E-state index < -0.39 is 0 Å². The highest BCUT2D eigenvalue weighted by Crippen LogP contribution is 2.17. The van der Waals surface area contributed by atoms with E-state index in [1.165, 1.54) is 5.56 Å². The molecule has 0 heterocycles. The highest BCUT2D eigenvalue weighted by molar-refractivity contribution is 5.77. The Balaban J connectivity index is 2.43. The summed E-state index contributed by atoms with van der Waals surface area (Å²) in [6, 6.07) is 8.07. The molecule has 100 valence electrons. The van der Waals surface area contributed by atoms with Crippen LogP contribution in [0.3, 0.4) is 0 Å². The Labute approximate surface area is 109 Å². The van der Waals surface area contributed by atoms with Crippen LogP contribution >= 0.6 is 0 Å². The first-order chi connectivity index (χ1) is 8.77. The highest BCUT2D eigenvalue weighted by atomic mass is 16.5. The second-order valence-corrected chi connectivity index (χ2v) is 3.98. The molecular formula is C14H23N3O. The van der Waals surface area contributed by atoms with Gasteiger partial charge in [0, 0.05) is 13.1 Å². The standard InChI is InChI=1S/C14H23N3O/c1-3-10-16-14(15)17-11-9-12-7-5-6-8-13(12)18-4-2/h5-8H,3-4,9-11H2,1-2H3,(H3,15,16,17). The topological polar surface area (TPSA) is 59.6 Å². The lowest BCUT2D eigenvalue weighted by Crippen LogP contribution is -2.33. The lowest BCUT2D eigenvalue weighted by Gasteiger charge is -2.10. The zero-order chi connectivity index (χ0) is 13.2. The zero-order valence-electron chi connectivity index (χ0n) is 11.3. The van der Waals surface area contributed by atoms with E-state index in [1.54, 1.807) is 0 Å². The molecule has 0 spiro atoms. The molecule has 4 nitrogen and oxygen atoms in total. The molecule has 0 unspecified atom stereocenters. The van der Waals surface area contributed by atoms with Gasteiger partial charge in [-0.1, -0.05) is 25.1 Å². The molecule has 0 fully saturated rings. The van der Waals surface area contributed by atoms with Crippen molar-refractivity contribution in [1.29, 1.82) is 0 Å². The van der Waals surface area contributed by atoms with Gasteiger partial charge in [0.25, 0.3) is 0 Å². The second kappa shape index (κ2) is 8.39. The fourth-order valence-electron chi connectivity index (χ4n) is 1.62. The molecule has 0 atom stereocenters. The maximum absolute atomic E-state index is 5.73. The van der Waals surface area contributed by atoms with E-state index in [2.05, 4.69) is 23.3 Å². The summed E-state index contributed by atoms with van der Waals surface area (Å²) in [5, 5.41) is 3.11. The van der Waals surface area contributed by atoms with Crippen LogP contribution in [0.5, 0.6) is 5.75 Å². The Hall–Kier alpha value is -1.71. The number of rotatable bonds is 7. The highest BCUT2D eigenvalue weighted by Gasteiger charge is 2.01. The van der Waals surface area contributed by atoms with Gasteiger partial charge < -0.3 is 15.8 Å². The number of para-hydroxylation sites is 1. The molecule has 0 saturated carbocycles. The van der Waals surface area contributed by atoms with Crippen LogP contribution in [0, 0.1) is 0 Å². The Morgan fingerprint density at radius 2 is 2.11 bits per heavy atom. The third-order valence-corrected chi connectivity index (χ3v) is 2.48. The van der Waals surface area contributed by atoms with Crippen LogP contribution in [0.25, 0.3) is 0 Å². The number of nitrogens with zero attached hydrogens (tertiary/aromatic N) is 1. The van der Waals surface area contributed by atoms with E-state index in [0.29, 0.717) is 12.6 Å². The number of nitrogens with two attached hydrogens (primary N) is 1. The molecule has 3 N–H and O–H groups in total. The van der Waals surface area contributed by atoms with Crippen molar-refractivity contribution >= 4 is 5.96 Å². The quantitative estimate of drug-likeness (QED) is 0.573. The van der Waals surface area contributed by atoms with Crippen LogP contribution < -0.4 is 15.8 Å². The van der Waals surface area contributed by atoms with E-state index in [-0.39, 0.29) is 0 Å². The van der Waals surface area contributed by atoms with E-state index in [1.807, 2.05) is 25.1 Å². The number of guanidine groups is 1. The summed E-state index contributed by atoms with van der Waals surface area (Å²) in [6.45, 7) is 6.29. The fourth-order valence-corrected chi connectivity index (χ4v) is 1.62. The van der Waals surface area contributed by atoms with Gasteiger partial charge in [-0.2, -0.15) is 0 Å². The average Bonchev–Trinajstić information content (AvgIpc) is 2.38. The molecule has 0 aromatic heterocycles. The molecule has 0 bridgehead atoms. The minimum atomic E-state index is 0.519. The van der Waals surface area contributed by atoms with E-state index in [4.69, 9.17) is 10.5 Å². The predicted octanol–water partition coefficient (Wildman–Crippen LogP) is 1.94. The van der Waals surface area contributed by atoms with Gasteiger partial charge in [0.1, 0.15) is 5.75 Å². The van der Waals surface area contributed by atoms with Crippen molar-refractivity contribution in [3.8, 4) is 5.75 Å². The van der Waals surface area contributed by atoms with Crippen LogP contribution in [0.4, 0.5) is 0 Å². The predicted molar refractivity (Wildman–Crippen MR) is 76.1 cm³/mol. The van der Waals surface area contributed by atoms with Gasteiger partial charge in [-0.25, -0.2) is 0 Å². The van der Waals surface area contributed by atoms with Crippen LogP contribution in [0.2, 0.25) is 0 Å². The van der Waals surface area contributed by atoms with Gasteiger partial charge in [-0.3, -0.25) is 4.99 Å². The van der Waals surface area contributed by atoms with Gasteiger partial charge in [0.05, 0.1) is 6.61 Å². The number of ether oxygens (including phenoxy) is 1. The monoisotopic (exact) mass is 249 g/mol. The van der Waals surface area contributed by atoms with E-state index in [0.717, 1.165) is 31.7 Å². The maximum atomic E-state index is 5.73. The Morgan fingerprint density at radius 1 is 1.33 bits per heavy atom. The molecule has 1 aromatic carbocycles. The molecule has 1 aromatic rings. The van der Waals surface area contributed by atoms with Gasteiger partial charge in [0.2, 0.25) is 0 Å². The Morgan fingerprint density at radius 3 is 2.83 bits per heavy atom. The molecular weight excluding hydrogens is 226 g/mol. The normalized spacial score (nSPS) is 11.3. The van der Waals surface area contributed by atoms with Gasteiger partial charge in [0.15, 0.2) is 5.96 Å². The molecule has 1 rings (SSSR count). The smallest absolute Gasteiger partial charge is 0.188 e. The van der Waals surface area contributed by atoms with Crippen LogP contribution in [0.15, 0.2) is 29.3 Å². The number of nitrogens with one attached hydrogen (secondary N) is 1. The minimum Gasteiger partial charge on any atom is -0.494 e. The van der Waals surface area contributed by atoms with Crippen molar-refractivity contribution in [3.05, 3.63) is 29.8 Å². The van der Waals surface area contributed by atoms with E-state index in [9.17, 15) is 0 Å². The van der Waals surface area contributed by atoms with Gasteiger partial charge >= 0.3 is 0 Å². The van der Waals surface area contributed by atoms with Crippen LogP contribution in [-0.4, -0.2) is 25.7 Å². The summed E-state index contributed by atoms with van der Waals surface area (Å²) in [5.74, 6) is 1.47. The zero-order valence-corrected chi connectivity index (χ0v) is 11.3. The van der Waals surface area contributed by atoms with Gasteiger partial charge in [-0.05, 0) is 31.4 Å². The Bertz CT molecular complexity index is 377. The van der Waals surface area contributed by atoms with Crippen molar-refractivity contribution in [2.75, 3.05) is 19.7 Å². The molecule has 0 aliphatic rings.